The first-order valence-corrected chi connectivity index (χ1v) is 9.92. The summed E-state index contributed by atoms with van der Waals surface area (Å²) in [4.78, 5) is 25.8. The van der Waals surface area contributed by atoms with E-state index in [1.165, 1.54) is 18.9 Å². The van der Waals surface area contributed by atoms with E-state index in [0.29, 0.717) is 16.2 Å². The molecule has 1 atom stereocenters. The number of ether oxygens (including phenoxy) is 3. The summed E-state index contributed by atoms with van der Waals surface area (Å²) >= 11 is 1.35. The van der Waals surface area contributed by atoms with Crippen molar-refractivity contribution in [1.29, 1.82) is 0 Å². The fourth-order valence-electron chi connectivity index (χ4n) is 2.16. The van der Waals surface area contributed by atoms with Gasteiger partial charge in [0.1, 0.15) is 18.9 Å². The fourth-order valence-corrected chi connectivity index (χ4v) is 2.64. The number of esters is 1. The fraction of sp³-hybridized carbons (Fsp3) is 0.579. The Morgan fingerprint density at radius 1 is 1.19 bits per heavy atom. The van der Waals surface area contributed by atoms with Crippen molar-refractivity contribution in [3.63, 3.8) is 0 Å². The molecule has 1 aromatic carbocycles. The molecule has 0 saturated carbocycles. The van der Waals surface area contributed by atoms with Crippen LogP contribution in [-0.4, -0.2) is 54.2 Å². The van der Waals surface area contributed by atoms with Crippen molar-refractivity contribution in [2.75, 3.05) is 25.8 Å². The van der Waals surface area contributed by atoms with E-state index >= 15 is 4.39 Å². The second-order valence-corrected chi connectivity index (χ2v) is 7.88. The first kappa shape index (κ1) is 23.2. The summed E-state index contributed by atoms with van der Waals surface area (Å²) < 4.78 is 31.2. The van der Waals surface area contributed by atoms with Gasteiger partial charge in [0.05, 0.1) is 0 Å². The van der Waals surface area contributed by atoms with Gasteiger partial charge in [-0.25, -0.2) is 18.9 Å². The maximum absolute atomic E-state index is 15.8. The van der Waals surface area contributed by atoms with Gasteiger partial charge in [0.15, 0.2) is 0 Å². The number of amides is 1. The Kier molecular flexibility index (Phi) is 9.05. The number of thioether (sulfide) groups is 1. The minimum absolute atomic E-state index is 0.0975. The summed E-state index contributed by atoms with van der Waals surface area (Å²) in [6.45, 7) is 4.43. The van der Waals surface area contributed by atoms with E-state index in [4.69, 9.17) is 14.2 Å². The Morgan fingerprint density at radius 2 is 1.81 bits per heavy atom. The summed E-state index contributed by atoms with van der Waals surface area (Å²) in [7, 11) is 1.31. The van der Waals surface area contributed by atoms with E-state index in [1.807, 2.05) is 6.07 Å². The number of carbonyl (C=O) groups is 2. The third-order valence-electron chi connectivity index (χ3n) is 3.46. The standard InChI is InChI=1S/C19H28FNO5S/c1-18(2,3)26-17(23)21(14-24-4)19(20,11-12-27-5)16(22)25-13-15-9-7-6-8-10-15/h6-10H,11-14H2,1-5H3/t19-/m0/s1. The largest absolute Gasteiger partial charge is 0.457 e. The number of nitrogens with zero attached hydrogens (tertiary/aromatic N) is 1. The molecule has 6 nitrogen and oxygen atoms in total. The predicted octanol–water partition coefficient (Wildman–Crippen LogP) is 3.99. The van der Waals surface area contributed by atoms with Gasteiger partial charge in [-0.2, -0.15) is 11.8 Å². The molecule has 0 N–H and O–H groups in total. The van der Waals surface area contributed by atoms with E-state index in [-0.39, 0.29) is 13.0 Å². The summed E-state index contributed by atoms with van der Waals surface area (Å²) in [6.07, 6.45) is 0.554. The van der Waals surface area contributed by atoms with Crippen LogP contribution in [0.1, 0.15) is 32.8 Å². The van der Waals surface area contributed by atoms with Crippen LogP contribution in [0.25, 0.3) is 0 Å². The van der Waals surface area contributed by atoms with Crippen LogP contribution in [0.3, 0.4) is 0 Å². The minimum Gasteiger partial charge on any atom is -0.457 e. The zero-order valence-electron chi connectivity index (χ0n) is 16.5. The lowest BCUT2D eigenvalue weighted by Gasteiger charge is -2.35. The molecule has 152 valence electrons. The number of halogens is 1. The summed E-state index contributed by atoms with van der Waals surface area (Å²) in [5.74, 6) is -3.54. The molecule has 1 rings (SSSR count). The van der Waals surface area contributed by atoms with Crippen molar-refractivity contribution in [3.05, 3.63) is 35.9 Å². The summed E-state index contributed by atoms with van der Waals surface area (Å²) in [5, 5.41) is 0. The van der Waals surface area contributed by atoms with Crippen molar-refractivity contribution in [2.24, 2.45) is 0 Å². The van der Waals surface area contributed by atoms with Crippen molar-refractivity contribution in [3.8, 4) is 0 Å². The maximum Gasteiger partial charge on any atom is 0.415 e. The van der Waals surface area contributed by atoms with Crippen LogP contribution in [0.2, 0.25) is 0 Å². The Labute approximate surface area is 164 Å². The van der Waals surface area contributed by atoms with E-state index in [9.17, 15) is 9.59 Å². The Balaban J connectivity index is 3.03. The van der Waals surface area contributed by atoms with Crippen LogP contribution in [0, 0.1) is 0 Å². The molecular formula is C19H28FNO5S. The van der Waals surface area contributed by atoms with Gasteiger partial charge in [-0.3, -0.25) is 0 Å². The van der Waals surface area contributed by atoms with Gasteiger partial charge in [0, 0.05) is 13.5 Å². The zero-order chi connectivity index (χ0) is 20.5. The third-order valence-corrected chi connectivity index (χ3v) is 4.08. The van der Waals surface area contributed by atoms with Crippen molar-refractivity contribution in [1.82, 2.24) is 4.90 Å². The first-order valence-electron chi connectivity index (χ1n) is 8.52. The average molecular weight is 402 g/mol. The van der Waals surface area contributed by atoms with Crippen LogP contribution in [0.4, 0.5) is 9.18 Å². The number of alkyl halides is 1. The average Bonchev–Trinajstić information content (AvgIpc) is 2.61. The van der Waals surface area contributed by atoms with Crippen molar-refractivity contribution < 1.29 is 28.2 Å². The molecule has 0 fully saturated rings. The van der Waals surface area contributed by atoms with Crippen LogP contribution in [0.15, 0.2) is 30.3 Å². The van der Waals surface area contributed by atoms with E-state index in [0.717, 1.165) is 0 Å². The second-order valence-electron chi connectivity index (χ2n) is 6.89. The molecule has 0 aromatic heterocycles. The Bertz CT molecular complexity index is 608. The highest BCUT2D eigenvalue weighted by molar-refractivity contribution is 7.98. The van der Waals surface area contributed by atoms with Crippen LogP contribution in [-0.2, 0) is 25.6 Å². The quantitative estimate of drug-likeness (QED) is 0.354. The smallest absolute Gasteiger partial charge is 0.415 e. The van der Waals surface area contributed by atoms with Gasteiger partial charge in [-0.05, 0) is 38.3 Å². The lowest BCUT2D eigenvalue weighted by Crippen LogP contribution is -2.56. The molecule has 0 spiro atoms. The maximum atomic E-state index is 15.8. The summed E-state index contributed by atoms with van der Waals surface area (Å²) in [5.41, 5.74) is -0.133. The first-order chi connectivity index (χ1) is 12.6. The molecule has 0 saturated heterocycles. The number of carbonyl (C=O) groups excluding carboxylic acids is 2. The van der Waals surface area contributed by atoms with E-state index in [2.05, 4.69) is 0 Å². The van der Waals surface area contributed by atoms with Crippen molar-refractivity contribution >= 4 is 23.8 Å². The molecular weight excluding hydrogens is 373 g/mol. The second kappa shape index (κ2) is 10.5. The highest BCUT2D eigenvalue weighted by Crippen LogP contribution is 2.28. The Hall–Kier alpha value is -1.80. The molecule has 0 heterocycles. The lowest BCUT2D eigenvalue weighted by molar-refractivity contribution is -0.180. The van der Waals surface area contributed by atoms with Gasteiger partial charge >= 0.3 is 12.1 Å². The monoisotopic (exact) mass is 401 g/mol. The number of methoxy groups -OCH3 is 1. The van der Waals surface area contributed by atoms with Gasteiger partial charge in [0.2, 0.25) is 0 Å². The highest BCUT2D eigenvalue weighted by atomic mass is 32.2. The number of hydrogen-bond donors (Lipinski definition) is 0. The number of benzene rings is 1. The normalized spacial score (nSPS) is 13.6. The third kappa shape index (κ3) is 7.38. The van der Waals surface area contributed by atoms with Crippen LogP contribution < -0.4 is 0 Å². The number of hydrogen-bond acceptors (Lipinski definition) is 6. The molecule has 8 heteroatoms. The molecule has 0 unspecified atom stereocenters. The van der Waals surface area contributed by atoms with Crippen molar-refractivity contribution in [2.45, 2.75) is 45.2 Å². The van der Waals surface area contributed by atoms with Gasteiger partial charge < -0.3 is 14.2 Å². The minimum atomic E-state index is -2.70. The highest BCUT2D eigenvalue weighted by Gasteiger charge is 2.50. The van der Waals surface area contributed by atoms with Crippen LogP contribution >= 0.6 is 11.8 Å². The molecule has 0 aliphatic rings. The van der Waals surface area contributed by atoms with E-state index < -0.39 is 30.2 Å². The summed E-state index contributed by atoms with van der Waals surface area (Å²) in [6, 6.07) is 8.92. The molecule has 0 radical (unpaired) electrons. The molecule has 1 aromatic rings. The number of rotatable bonds is 9. The molecule has 0 aliphatic carbocycles. The lowest BCUT2D eigenvalue weighted by atomic mass is 10.1. The topological polar surface area (TPSA) is 65.1 Å². The van der Waals surface area contributed by atoms with Gasteiger partial charge in [-0.15, -0.1) is 0 Å². The molecule has 0 aliphatic heterocycles. The zero-order valence-corrected chi connectivity index (χ0v) is 17.3. The van der Waals surface area contributed by atoms with E-state index in [1.54, 1.807) is 51.3 Å². The molecule has 0 bridgehead atoms. The van der Waals surface area contributed by atoms with Gasteiger partial charge in [0.25, 0.3) is 5.79 Å². The van der Waals surface area contributed by atoms with Crippen LogP contribution in [0.5, 0.6) is 0 Å². The Morgan fingerprint density at radius 3 is 2.33 bits per heavy atom. The SMILES string of the molecule is COCN(C(=O)OC(C)(C)C)[C@@](F)(CCSC)C(=O)OCc1ccccc1. The molecule has 27 heavy (non-hydrogen) atoms. The predicted molar refractivity (Wildman–Crippen MR) is 103 cm³/mol. The van der Waals surface area contributed by atoms with Gasteiger partial charge in [-0.1, -0.05) is 30.3 Å². The molecule has 1 amide bonds.